The van der Waals surface area contributed by atoms with Crippen molar-refractivity contribution in [3.63, 3.8) is 0 Å². The molecular formula is C20H21NO5. The van der Waals surface area contributed by atoms with Gasteiger partial charge < -0.3 is 19.8 Å². The molecule has 2 N–H and O–H groups in total. The summed E-state index contributed by atoms with van der Waals surface area (Å²) in [5, 5.41) is 18.8. The average Bonchev–Trinajstić information content (AvgIpc) is 3.16. The number of benzene rings is 2. The molecule has 136 valence electrons. The van der Waals surface area contributed by atoms with E-state index in [-0.39, 0.29) is 5.91 Å². The first kappa shape index (κ1) is 17.9. The molecule has 0 bridgehead atoms. The lowest BCUT2D eigenvalue weighted by molar-refractivity contribution is -0.149. The van der Waals surface area contributed by atoms with E-state index in [1.54, 1.807) is 24.3 Å². The van der Waals surface area contributed by atoms with E-state index in [9.17, 15) is 14.7 Å². The molecule has 0 aromatic heterocycles. The lowest BCUT2D eigenvalue weighted by atomic mass is 10.1. The van der Waals surface area contributed by atoms with Crippen molar-refractivity contribution in [1.82, 2.24) is 4.90 Å². The van der Waals surface area contributed by atoms with Crippen molar-refractivity contribution >= 4 is 11.9 Å². The van der Waals surface area contributed by atoms with Gasteiger partial charge in [0, 0.05) is 12.1 Å². The summed E-state index contributed by atoms with van der Waals surface area (Å²) in [5.41, 5.74) is 1.50. The van der Waals surface area contributed by atoms with Gasteiger partial charge in [-0.05, 0) is 42.7 Å². The van der Waals surface area contributed by atoms with E-state index in [1.807, 2.05) is 30.3 Å². The molecule has 1 fully saturated rings. The van der Waals surface area contributed by atoms with Crippen molar-refractivity contribution in [2.24, 2.45) is 0 Å². The Bertz CT molecular complexity index is 760. The maximum absolute atomic E-state index is 12.7. The first-order valence-electron chi connectivity index (χ1n) is 8.55. The third kappa shape index (κ3) is 4.03. The number of amides is 1. The van der Waals surface area contributed by atoms with Crippen LogP contribution in [0.3, 0.4) is 0 Å². The number of aliphatic carboxylic acids is 1. The summed E-state index contributed by atoms with van der Waals surface area (Å²) in [6.45, 7) is 0.882. The first-order chi connectivity index (χ1) is 12.6. The van der Waals surface area contributed by atoms with E-state index in [2.05, 4.69) is 0 Å². The second kappa shape index (κ2) is 8.01. The summed E-state index contributed by atoms with van der Waals surface area (Å²) < 4.78 is 5.70. The zero-order valence-electron chi connectivity index (χ0n) is 14.2. The molecule has 2 unspecified atom stereocenters. The van der Waals surface area contributed by atoms with Crippen molar-refractivity contribution in [1.29, 1.82) is 0 Å². The molecule has 1 amide bonds. The normalized spacial score (nSPS) is 17.7. The predicted octanol–water partition coefficient (Wildman–Crippen LogP) is 2.32. The zero-order valence-corrected chi connectivity index (χ0v) is 14.2. The minimum atomic E-state index is -1.56. The maximum Gasteiger partial charge on any atom is 0.334 e. The molecule has 0 spiro atoms. The highest BCUT2D eigenvalue weighted by molar-refractivity contribution is 5.95. The molecule has 0 saturated carbocycles. The Morgan fingerprint density at radius 1 is 1.12 bits per heavy atom. The third-order valence-electron chi connectivity index (χ3n) is 4.53. The van der Waals surface area contributed by atoms with E-state index >= 15 is 0 Å². The summed E-state index contributed by atoms with van der Waals surface area (Å²) >= 11 is 0. The molecule has 2 atom stereocenters. The molecule has 26 heavy (non-hydrogen) atoms. The topological polar surface area (TPSA) is 87.1 Å². The van der Waals surface area contributed by atoms with Crippen LogP contribution in [0.5, 0.6) is 5.75 Å². The molecular weight excluding hydrogens is 334 g/mol. The quantitative estimate of drug-likeness (QED) is 0.830. The van der Waals surface area contributed by atoms with Crippen molar-refractivity contribution in [2.45, 2.75) is 31.6 Å². The minimum absolute atomic E-state index is 0.276. The highest BCUT2D eigenvalue weighted by Crippen LogP contribution is 2.24. The van der Waals surface area contributed by atoms with E-state index in [0.29, 0.717) is 37.3 Å². The lowest BCUT2D eigenvalue weighted by Gasteiger charge is -2.26. The summed E-state index contributed by atoms with van der Waals surface area (Å²) in [6.07, 6.45) is -0.397. The highest BCUT2D eigenvalue weighted by Gasteiger charge is 2.37. The van der Waals surface area contributed by atoms with Gasteiger partial charge in [-0.1, -0.05) is 30.3 Å². The van der Waals surface area contributed by atoms with Crippen molar-refractivity contribution in [3.8, 4) is 5.75 Å². The predicted molar refractivity (Wildman–Crippen MR) is 94.9 cm³/mol. The SMILES string of the molecule is O=C(O)C(O)C1CCCN1C(=O)c1ccc(OCc2ccccc2)cc1. The van der Waals surface area contributed by atoms with Crippen LogP contribution < -0.4 is 4.74 Å². The van der Waals surface area contributed by atoms with Gasteiger partial charge in [-0.15, -0.1) is 0 Å². The monoisotopic (exact) mass is 355 g/mol. The fourth-order valence-corrected chi connectivity index (χ4v) is 3.14. The Balaban J connectivity index is 1.64. The summed E-state index contributed by atoms with van der Waals surface area (Å²) in [7, 11) is 0. The summed E-state index contributed by atoms with van der Waals surface area (Å²) in [4.78, 5) is 25.1. The van der Waals surface area contributed by atoms with Crippen LogP contribution in [0.15, 0.2) is 54.6 Å². The van der Waals surface area contributed by atoms with E-state index in [0.717, 1.165) is 5.56 Å². The molecule has 0 radical (unpaired) electrons. The van der Waals surface area contributed by atoms with Crippen LogP contribution in [-0.4, -0.2) is 45.7 Å². The molecule has 1 aliphatic heterocycles. The Labute approximate surface area is 151 Å². The number of carbonyl (C=O) groups excluding carboxylic acids is 1. The number of likely N-dealkylation sites (tertiary alicyclic amines) is 1. The number of nitrogens with zero attached hydrogens (tertiary/aromatic N) is 1. The van der Waals surface area contributed by atoms with Gasteiger partial charge in [0.05, 0.1) is 6.04 Å². The van der Waals surface area contributed by atoms with Crippen LogP contribution in [-0.2, 0) is 11.4 Å². The largest absolute Gasteiger partial charge is 0.489 e. The Hall–Kier alpha value is -2.86. The molecule has 6 nitrogen and oxygen atoms in total. The standard InChI is InChI=1S/C20H21NO5/c22-18(20(24)25)17-7-4-12-21(17)19(23)15-8-10-16(11-9-15)26-13-14-5-2-1-3-6-14/h1-3,5-6,8-11,17-18,22H,4,7,12-13H2,(H,24,25). The van der Waals surface area contributed by atoms with Crippen LogP contribution in [0, 0.1) is 0 Å². The van der Waals surface area contributed by atoms with Gasteiger partial charge in [0.25, 0.3) is 5.91 Å². The van der Waals surface area contributed by atoms with Gasteiger partial charge in [0.2, 0.25) is 0 Å². The molecule has 6 heteroatoms. The molecule has 0 aliphatic carbocycles. The number of carboxylic acids is 1. The highest BCUT2D eigenvalue weighted by atomic mass is 16.5. The number of hydrogen-bond donors (Lipinski definition) is 2. The number of carbonyl (C=O) groups is 2. The molecule has 1 aliphatic rings. The van der Waals surface area contributed by atoms with Crippen LogP contribution in [0.25, 0.3) is 0 Å². The number of rotatable bonds is 6. The number of carboxylic acid groups (broad SMARTS) is 1. The second-order valence-electron chi connectivity index (χ2n) is 6.29. The lowest BCUT2D eigenvalue weighted by Crippen LogP contribution is -2.46. The summed E-state index contributed by atoms with van der Waals surface area (Å²) in [5.74, 6) is -0.935. The van der Waals surface area contributed by atoms with Crippen LogP contribution in [0.2, 0.25) is 0 Å². The second-order valence-corrected chi connectivity index (χ2v) is 6.29. The minimum Gasteiger partial charge on any atom is -0.489 e. The number of aliphatic hydroxyl groups excluding tert-OH is 1. The Morgan fingerprint density at radius 3 is 2.46 bits per heavy atom. The molecule has 1 heterocycles. The van der Waals surface area contributed by atoms with Gasteiger partial charge >= 0.3 is 5.97 Å². The van der Waals surface area contributed by atoms with Gasteiger partial charge in [-0.3, -0.25) is 4.79 Å². The molecule has 3 rings (SSSR count). The fourth-order valence-electron chi connectivity index (χ4n) is 3.14. The van der Waals surface area contributed by atoms with E-state index in [1.165, 1.54) is 4.90 Å². The molecule has 2 aromatic carbocycles. The van der Waals surface area contributed by atoms with Crippen LogP contribution in [0.4, 0.5) is 0 Å². The third-order valence-corrected chi connectivity index (χ3v) is 4.53. The van der Waals surface area contributed by atoms with Gasteiger partial charge in [-0.25, -0.2) is 4.79 Å². The van der Waals surface area contributed by atoms with Crippen molar-refractivity contribution < 1.29 is 24.5 Å². The fraction of sp³-hybridized carbons (Fsp3) is 0.300. The van der Waals surface area contributed by atoms with Crippen molar-refractivity contribution in [3.05, 3.63) is 65.7 Å². The Kier molecular flexibility index (Phi) is 5.53. The van der Waals surface area contributed by atoms with E-state index in [4.69, 9.17) is 9.84 Å². The molecule has 1 saturated heterocycles. The van der Waals surface area contributed by atoms with Crippen LogP contribution >= 0.6 is 0 Å². The average molecular weight is 355 g/mol. The number of aliphatic hydroxyl groups is 1. The summed E-state index contributed by atoms with van der Waals surface area (Å²) in [6, 6.07) is 15.8. The zero-order chi connectivity index (χ0) is 18.5. The van der Waals surface area contributed by atoms with Crippen LogP contribution in [0.1, 0.15) is 28.8 Å². The van der Waals surface area contributed by atoms with Gasteiger partial charge in [0.1, 0.15) is 12.4 Å². The number of hydrogen-bond acceptors (Lipinski definition) is 4. The Morgan fingerprint density at radius 2 is 1.81 bits per heavy atom. The first-order valence-corrected chi connectivity index (χ1v) is 8.55. The number of ether oxygens (including phenoxy) is 1. The van der Waals surface area contributed by atoms with Gasteiger partial charge in [-0.2, -0.15) is 0 Å². The molecule has 2 aromatic rings. The van der Waals surface area contributed by atoms with Crippen molar-refractivity contribution in [2.75, 3.05) is 6.54 Å². The van der Waals surface area contributed by atoms with E-state index < -0.39 is 18.1 Å². The van der Waals surface area contributed by atoms with Gasteiger partial charge in [0.15, 0.2) is 6.10 Å². The maximum atomic E-state index is 12.7. The smallest absolute Gasteiger partial charge is 0.334 e.